The van der Waals surface area contributed by atoms with Crippen LogP contribution >= 0.6 is 0 Å². The molecule has 4 rings (SSSR count). The van der Waals surface area contributed by atoms with E-state index in [0.717, 1.165) is 30.3 Å². The van der Waals surface area contributed by atoms with E-state index in [0.29, 0.717) is 0 Å². The molecule has 2 atom stereocenters. The Kier molecular flexibility index (Phi) is 4.97. The van der Waals surface area contributed by atoms with E-state index < -0.39 is 46.9 Å². The minimum atomic E-state index is -1.12. The van der Waals surface area contributed by atoms with Gasteiger partial charge in [-0.05, 0) is 30.3 Å². The Hall–Kier alpha value is -4.47. The summed E-state index contributed by atoms with van der Waals surface area (Å²) in [5, 5.41) is 68.5. The molecule has 3 aromatic rings. The predicted molar refractivity (Wildman–Crippen MR) is 107 cm³/mol. The van der Waals surface area contributed by atoms with Crippen LogP contribution in [0.4, 0.5) is 0 Å². The van der Waals surface area contributed by atoms with Crippen LogP contribution in [0.5, 0.6) is 46.0 Å². The Morgan fingerprint density at radius 1 is 0.812 bits per heavy atom. The van der Waals surface area contributed by atoms with Crippen molar-refractivity contribution in [2.75, 3.05) is 0 Å². The molecule has 32 heavy (non-hydrogen) atoms. The molecular weight excluding hydrogens is 424 g/mol. The van der Waals surface area contributed by atoms with Crippen LogP contribution in [0.1, 0.15) is 27.6 Å². The average Bonchev–Trinajstić information content (AvgIpc) is 2.73. The molecule has 0 aliphatic carbocycles. The van der Waals surface area contributed by atoms with Crippen molar-refractivity contribution in [2.45, 2.75) is 18.6 Å². The van der Waals surface area contributed by atoms with Gasteiger partial charge in [0.1, 0.15) is 23.4 Å². The first-order chi connectivity index (χ1) is 15.1. The molecule has 10 heteroatoms. The Bertz CT molecular complexity index is 1200. The second kappa shape index (κ2) is 7.65. The summed E-state index contributed by atoms with van der Waals surface area (Å²) in [4.78, 5) is 12.7. The van der Waals surface area contributed by atoms with Crippen LogP contribution < -0.4 is 4.74 Å². The minimum absolute atomic E-state index is 0.0652. The van der Waals surface area contributed by atoms with Crippen molar-refractivity contribution in [2.24, 2.45) is 0 Å². The number of benzene rings is 3. The lowest BCUT2D eigenvalue weighted by Crippen LogP contribution is -2.34. The van der Waals surface area contributed by atoms with E-state index in [9.17, 15) is 40.5 Å². The number of carbonyl (C=O) groups excluding carboxylic acids is 1. The number of rotatable bonds is 3. The highest BCUT2D eigenvalue weighted by Gasteiger charge is 2.37. The zero-order valence-corrected chi connectivity index (χ0v) is 16.3. The van der Waals surface area contributed by atoms with Crippen LogP contribution in [0.15, 0.2) is 42.5 Å². The van der Waals surface area contributed by atoms with Crippen LogP contribution in [0.2, 0.25) is 0 Å². The zero-order chi connectivity index (χ0) is 23.2. The molecule has 10 nitrogen and oxygen atoms in total. The van der Waals surface area contributed by atoms with Gasteiger partial charge in [-0.2, -0.15) is 0 Å². The average molecular weight is 442 g/mol. The quantitative estimate of drug-likeness (QED) is 0.235. The van der Waals surface area contributed by atoms with Gasteiger partial charge in [0.15, 0.2) is 34.9 Å². The van der Waals surface area contributed by atoms with Gasteiger partial charge in [0.25, 0.3) is 0 Å². The van der Waals surface area contributed by atoms with Gasteiger partial charge < -0.3 is 45.2 Å². The topological polar surface area (TPSA) is 177 Å². The molecule has 0 spiro atoms. The molecule has 1 aliphatic rings. The first-order valence-electron chi connectivity index (χ1n) is 9.33. The molecule has 0 bridgehead atoms. The van der Waals surface area contributed by atoms with E-state index in [1.165, 1.54) is 12.1 Å². The van der Waals surface area contributed by atoms with Crippen molar-refractivity contribution in [3.63, 3.8) is 0 Å². The Labute approximate surface area is 180 Å². The second-order valence-electron chi connectivity index (χ2n) is 7.24. The fourth-order valence-corrected chi connectivity index (χ4v) is 3.48. The second-order valence-corrected chi connectivity index (χ2v) is 7.24. The molecular formula is C22H18O10. The number of carbonyl (C=O) groups is 1. The molecule has 3 aromatic carbocycles. The fraction of sp³-hybridized carbons (Fsp3) is 0.136. The van der Waals surface area contributed by atoms with Crippen molar-refractivity contribution in [3.05, 3.63) is 59.2 Å². The van der Waals surface area contributed by atoms with Gasteiger partial charge >= 0.3 is 5.97 Å². The van der Waals surface area contributed by atoms with Gasteiger partial charge in [0.2, 0.25) is 0 Å². The van der Waals surface area contributed by atoms with Gasteiger partial charge in [-0.3, -0.25) is 0 Å². The van der Waals surface area contributed by atoms with E-state index in [1.54, 1.807) is 0 Å². The summed E-state index contributed by atoms with van der Waals surface area (Å²) >= 11 is 0. The highest BCUT2D eigenvalue weighted by molar-refractivity contribution is 5.90. The fourth-order valence-electron chi connectivity index (χ4n) is 3.48. The molecule has 0 fully saturated rings. The molecule has 0 saturated heterocycles. The summed E-state index contributed by atoms with van der Waals surface area (Å²) in [5.41, 5.74) is 0.312. The lowest BCUT2D eigenvalue weighted by molar-refractivity contribution is -0.0189. The van der Waals surface area contributed by atoms with Crippen LogP contribution in [0, 0.1) is 0 Å². The molecule has 0 unspecified atom stereocenters. The lowest BCUT2D eigenvalue weighted by atomic mass is 9.93. The molecule has 0 amide bonds. The SMILES string of the molecule is O=C(O[C@H]1Cc2c(O)cc(O)cc2O[C@@H]1c1cc(O)c(O)c(O)c1)c1ccc(O)c(O)c1. The third-order valence-electron chi connectivity index (χ3n) is 5.06. The number of phenols is 7. The van der Waals surface area contributed by atoms with Gasteiger partial charge in [-0.1, -0.05) is 0 Å². The van der Waals surface area contributed by atoms with Crippen molar-refractivity contribution in [1.29, 1.82) is 0 Å². The Morgan fingerprint density at radius 2 is 1.50 bits per heavy atom. The van der Waals surface area contributed by atoms with Gasteiger partial charge in [0.05, 0.1) is 5.56 Å². The number of hydrogen-bond donors (Lipinski definition) is 7. The van der Waals surface area contributed by atoms with E-state index in [-0.39, 0.29) is 40.4 Å². The Balaban J connectivity index is 1.74. The standard InChI is InChI=1S/C22H18O10/c23-11-6-14(25)12-8-19(32-22(30)9-1-2-13(24)15(26)3-9)21(31-18(12)7-11)10-4-16(27)20(29)17(28)5-10/h1-7,19,21,23-29H,8H2/t19-,21+/m0/s1. The predicted octanol–water partition coefficient (Wildman–Crippen LogP) is 2.53. The first kappa shape index (κ1) is 20.8. The van der Waals surface area contributed by atoms with E-state index >= 15 is 0 Å². The van der Waals surface area contributed by atoms with Crippen LogP contribution in [-0.4, -0.2) is 47.8 Å². The molecule has 7 N–H and O–H groups in total. The third kappa shape index (κ3) is 3.69. The summed E-state index contributed by atoms with van der Waals surface area (Å²) in [6.07, 6.45) is -2.27. The number of aromatic hydroxyl groups is 7. The molecule has 166 valence electrons. The van der Waals surface area contributed by atoms with Gasteiger partial charge in [0, 0.05) is 29.7 Å². The molecule has 1 aliphatic heterocycles. The highest BCUT2D eigenvalue weighted by Crippen LogP contribution is 2.45. The summed E-state index contributed by atoms with van der Waals surface area (Å²) < 4.78 is 11.4. The van der Waals surface area contributed by atoms with Crippen LogP contribution in [0.25, 0.3) is 0 Å². The minimum Gasteiger partial charge on any atom is -0.508 e. The highest BCUT2D eigenvalue weighted by atomic mass is 16.6. The monoisotopic (exact) mass is 442 g/mol. The third-order valence-corrected chi connectivity index (χ3v) is 5.06. The summed E-state index contributed by atoms with van der Waals surface area (Å²) in [5.74, 6) is -4.32. The number of esters is 1. The van der Waals surface area contributed by atoms with E-state index in [2.05, 4.69) is 0 Å². The summed E-state index contributed by atoms with van der Waals surface area (Å²) in [6, 6.07) is 7.92. The molecule has 0 aromatic heterocycles. The van der Waals surface area contributed by atoms with Gasteiger partial charge in [-0.25, -0.2) is 4.79 Å². The Morgan fingerprint density at radius 3 is 2.16 bits per heavy atom. The smallest absolute Gasteiger partial charge is 0.338 e. The normalized spacial score (nSPS) is 17.2. The maximum Gasteiger partial charge on any atom is 0.338 e. The largest absolute Gasteiger partial charge is 0.508 e. The number of hydrogen-bond acceptors (Lipinski definition) is 10. The van der Waals surface area contributed by atoms with Crippen LogP contribution in [-0.2, 0) is 11.2 Å². The number of ether oxygens (including phenoxy) is 2. The van der Waals surface area contributed by atoms with Gasteiger partial charge in [-0.15, -0.1) is 0 Å². The van der Waals surface area contributed by atoms with Crippen molar-refractivity contribution < 1.29 is 50.0 Å². The molecule has 0 saturated carbocycles. The van der Waals surface area contributed by atoms with E-state index in [4.69, 9.17) is 9.47 Å². The number of phenolic OH excluding ortho intramolecular Hbond substituents is 7. The maximum absolute atomic E-state index is 12.7. The lowest BCUT2D eigenvalue weighted by Gasteiger charge is -2.34. The van der Waals surface area contributed by atoms with E-state index in [1.807, 2.05) is 0 Å². The van der Waals surface area contributed by atoms with Crippen LogP contribution in [0.3, 0.4) is 0 Å². The zero-order valence-electron chi connectivity index (χ0n) is 16.3. The van der Waals surface area contributed by atoms with Crippen molar-refractivity contribution in [3.8, 4) is 46.0 Å². The van der Waals surface area contributed by atoms with Crippen molar-refractivity contribution in [1.82, 2.24) is 0 Å². The maximum atomic E-state index is 12.7. The summed E-state index contributed by atoms with van der Waals surface area (Å²) in [7, 11) is 0. The molecule has 1 heterocycles. The molecule has 0 radical (unpaired) electrons. The number of fused-ring (bicyclic) bond motifs is 1. The first-order valence-corrected chi connectivity index (χ1v) is 9.33. The van der Waals surface area contributed by atoms with Crippen molar-refractivity contribution >= 4 is 5.97 Å². The summed E-state index contributed by atoms with van der Waals surface area (Å²) in [6.45, 7) is 0.